The van der Waals surface area contributed by atoms with E-state index in [4.69, 9.17) is 0 Å². The zero-order valence-electron chi connectivity index (χ0n) is 18.1. The maximum atomic E-state index is 12.5. The van der Waals surface area contributed by atoms with Crippen LogP contribution in [0.1, 0.15) is 69.0 Å². The molecule has 2 N–H and O–H groups in total. The van der Waals surface area contributed by atoms with Gasteiger partial charge >= 0.3 is 0 Å². The fourth-order valence-electron chi connectivity index (χ4n) is 4.50. The van der Waals surface area contributed by atoms with Crippen molar-refractivity contribution in [2.75, 3.05) is 5.32 Å². The van der Waals surface area contributed by atoms with Gasteiger partial charge in [-0.1, -0.05) is 56.5 Å². The number of amides is 1. The molecule has 162 valence electrons. The quantitative estimate of drug-likeness (QED) is 0.528. The first-order valence-electron chi connectivity index (χ1n) is 11.3. The Hall–Kier alpha value is -3.02. The van der Waals surface area contributed by atoms with Crippen LogP contribution in [0.25, 0.3) is 10.9 Å². The van der Waals surface area contributed by atoms with Crippen LogP contribution in [0.3, 0.4) is 0 Å². The molecule has 0 unspecified atom stereocenters. The van der Waals surface area contributed by atoms with Gasteiger partial charge in [0, 0.05) is 31.2 Å². The monoisotopic (exact) mass is 418 g/mol. The first-order valence-corrected chi connectivity index (χ1v) is 11.3. The van der Waals surface area contributed by atoms with Crippen molar-refractivity contribution >= 4 is 28.4 Å². The van der Waals surface area contributed by atoms with Gasteiger partial charge in [0.15, 0.2) is 5.82 Å². The predicted octanol–water partition coefficient (Wildman–Crippen LogP) is 5.17. The standard InChI is InChI=1S/C25H30N4O2/c1-17(19-10-6-3-7-11-19)12-21(30)14-20-15-23-22(16-26-20)25(29-28-23)27-24(31)13-18-8-4-2-5-9-18/h3,6-7,10-11,15-18H,2,4-5,8-9,12-14H2,1H3,(H2,27,28,29,31)/t17-/m0/s1. The number of H-pyrrole nitrogens is 1. The maximum absolute atomic E-state index is 12.5. The summed E-state index contributed by atoms with van der Waals surface area (Å²) in [7, 11) is 0. The largest absolute Gasteiger partial charge is 0.309 e. The van der Waals surface area contributed by atoms with Gasteiger partial charge in [-0.3, -0.25) is 19.7 Å². The van der Waals surface area contributed by atoms with Crippen molar-refractivity contribution in [3.8, 4) is 0 Å². The maximum Gasteiger partial charge on any atom is 0.225 e. The van der Waals surface area contributed by atoms with Crippen LogP contribution < -0.4 is 5.32 Å². The van der Waals surface area contributed by atoms with Gasteiger partial charge < -0.3 is 5.32 Å². The third kappa shape index (κ3) is 5.57. The molecule has 1 aliphatic carbocycles. The fourth-order valence-corrected chi connectivity index (χ4v) is 4.50. The van der Waals surface area contributed by atoms with Gasteiger partial charge in [0.2, 0.25) is 5.91 Å². The van der Waals surface area contributed by atoms with Crippen molar-refractivity contribution in [3.63, 3.8) is 0 Å². The minimum absolute atomic E-state index is 0.00875. The second-order valence-electron chi connectivity index (χ2n) is 8.78. The minimum atomic E-state index is 0.00875. The van der Waals surface area contributed by atoms with E-state index in [0.717, 1.165) is 23.7 Å². The Morgan fingerprint density at radius 2 is 1.94 bits per heavy atom. The van der Waals surface area contributed by atoms with Gasteiger partial charge in [-0.15, -0.1) is 0 Å². The number of aromatic amines is 1. The SMILES string of the molecule is C[C@@H](CC(=O)Cc1cc2[nH]nc(NC(=O)CC3CCCCC3)c2cn1)c1ccccc1. The number of nitrogens with one attached hydrogen (secondary N) is 2. The van der Waals surface area contributed by atoms with Crippen LogP contribution in [-0.2, 0) is 16.0 Å². The number of hydrogen-bond donors (Lipinski definition) is 2. The highest BCUT2D eigenvalue weighted by atomic mass is 16.1. The summed E-state index contributed by atoms with van der Waals surface area (Å²) in [4.78, 5) is 29.4. The zero-order chi connectivity index (χ0) is 21.6. The Kier molecular flexibility index (Phi) is 6.75. The third-order valence-electron chi connectivity index (χ3n) is 6.24. The number of ketones is 1. The van der Waals surface area contributed by atoms with Gasteiger partial charge in [0.25, 0.3) is 0 Å². The molecule has 3 aromatic rings. The number of nitrogens with zero attached hydrogens (tertiary/aromatic N) is 2. The smallest absolute Gasteiger partial charge is 0.225 e. The van der Waals surface area contributed by atoms with E-state index in [2.05, 4.69) is 39.6 Å². The molecule has 4 rings (SSSR count). The number of aromatic nitrogens is 3. The molecule has 0 saturated heterocycles. The average Bonchev–Trinajstić information content (AvgIpc) is 3.16. The first-order chi connectivity index (χ1) is 15.1. The second kappa shape index (κ2) is 9.86. The van der Waals surface area contributed by atoms with Crippen LogP contribution in [0.4, 0.5) is 5.82 Å². The predicted molar refractivity (Wildman–Crippen MR) is 122 cm³/mol. The molecule has 31 heavy (non-hydrogen) atoms. The molecule has 6 nitrogen and oxygen atoms in total. The third-order valence-corrected chi connectivity index (χ3v) is 6.24. The highest BCUT2D eigenvalue weighted by Gasteiger charge is 2.19. The molecule has 0 radical (unpaired) electrons. The fraction of sp³-hybridized carbons (Fsp3) is 0.440. The summed E-state index contributed by atoms with van der Waals surface area (Å²) in [5.41, 5.74) is 2.66. The minimum Gasteiger partial charge on any atom is -0.309 e. The lowest BCUT2D eigenvalue weighted by Crippen LogP contribution is -2.18. The van der Waals surface area contributed by atoms with Gasteiger partial charge in [-0.05, 0) is 36.3 Å². The molecule has 1 fully saturated rings. The van der Waals surface area contributed by atoms with Crippen LogP contribution in [0.2, 0.25) is 0 Å². The zero-order valence-corrected chi connectivity index (χ0v) is 18.1. The summed E-state index contributed by atoms with van der Waals surface area (Å²) in [5, 5.41) is 10.9. The topological polar surface area (TPSA) is 87.7 Å². The van der Waals surface area contributed by atoms with E-state index in [9.17, 15) is 9.59 Å². The molecule has 1 saturated carbocycles. The number of Topliss-reactive ketones (excluding diaryl/α,β-unsaturated/α-hetero) is 1. The van der Waals surface area contributed by atoms with Crippen molar-refractivity contribution in [3.05, 3.63) is 53.9 Å². The molecular weight excluding hydrogens is 388 g/mol. The van der Waals surface area contributed by atoms with E-state index in [-0.39, 0.29) is 24.0 Å². The molecule has 1 atom stereocenters. The second-order valence-corrected chi connectivity index (χ2v) is 8.78. The summed E-state index contributed by atoms with van der Waals surface area (Å²) < 4.78 is 0. The van der Waals surface area contributed by atoms with Crippen LogP contribution in [0, 0.1) is 5.92 Å². The Bertz CT molecular complexity index is 1040. The van der Waals surface area contributed by atoms with Crippen LogP contribution in [0.5, 0.6) is 0 Å². The van der Waals surface area contributed by atoms with E-state index in [1.807, 2.05) is 24.3 Å². The summed E-state index contributed by atoms with van der Waals surface area (Å²) in [5.74, 6) is 1.33. The lowest BCUT2D eigenvalue weighted by molar-refractivity contribution is -0.119. The molecule has 0 bridgehead atoms. The summed E-state index contributed by atoms with van der Waals surface area (Å²) in [6.07, 6.45) is 9.01. The van der Waals surface area contributed by atoms with Crippen LogP contribution >= 0.6 is 0 Å². The van der Waals surface area contributed by atoms with Crippen molar-refractivity contribution in [2.24, 2.45) is 5.92 Å². The molecule has 1 amide bonds. The van der Waals surface area contributed by atoms with Crippen molar-refractivity contribution in [1.82, 2.24) is 15.2 Å². The van der Waals surface area contributed by atoms with Crippen molar-refractivity contribution < 1.29 is 9.59 Å². The lowest BCUT2D eigenvalue weighted by Gasteiger charge is -2.20. The average molecular weight is 419 g/mol. The van der Waals surface area contributed by atoms with E-state index in [1.54, 1.807) is 6.20 Å². The Morgan fingerprint density at radius 1 is 1.16 bits per heavy atom. The molecule has 2 heterocycles. The van der Waals surface area contributed by atoms with Crippen LogP contribution in [0.15, 0.2) is 42.6 Å². The van der Waals surface area contributed by atoms with E-state index in [1.165, 1.54) is 24.8 Å². The highest BCUT2D eigenvalue weighted by Crippen LogP contribution is 2.27. The number of benzene rings is 1. The van der Waals surface area contributed by atoms with Gasteiger partial charge in [-0.25, -0.2) is 0 Å². The van der Waals surface area contributed by atoms with E-state index >= 15 is 0 Å². The Balaban J connectivity index is 1.35. The molecule has 2 aromatic heterocycles. The number of hydrogen-bond acceptors (Lipinski definition) is 4. The van der Waals surface area contributed by atoms with Gasteiger partial charge in [0.05, 0.1) is 10.9 Å². The molecule has 1 aromatic carbocycles. The first kappa shape index (κ1) is 21.2. The lowest BCUT2D eigenvalue weighted by atomic mass is 9.87. The number of pyridine rings is 1. The number of carbonyl (C=O) groups excluding carboxylic acids is 2. The number of anilines is 1. The van der Waals surface area contributed by atoms with E-state index < -0.39 is 0 Å². The van der Waals surface area contributed by atoms with Gasteiger partial charge in [0.1, 0.15) is 5.78 Å². The summed E-state index contributed by atoms with van der Waals surface area (Å²) >= 11 is 0. The number of fused-ring (bicyclic) bond motifs is 1. The normalized spacial score (nSPS) is 15.6. The molecule has 0 spiro atoms. The van der Waals surface area contributed by atoms with Crippen molar-refractivity contribution in [1.29, 1.82) is 0 Å². The molecule has 6 heteroatoms. The molecule has 0 aliphatic heterocycles. The molecule has 1 aliphatic rings. The van der Waals surface area contributed by atoms with E-state index in [0.29, 0.717) is 30.3 Å². The van der Waals surface area contributed by atoms with Crippen molar-refractivity contribution in [2.45, 2.75) is 64.2 Å². The van der Waals surface area contributed by atoms with Gasteiger partial charge in [-0.2, -0.15) is 5.10 Å². The number of carbonyl (C=O) groups is 2. The molecular formula is C25H30N4O2. The summed E-state index contributed by atoms with van der Waals surface area (Å²) in [6.45, 7) is 2.07. The summed E-state index contributed by atoms with van der Waals surface area (Å²) in [6, 6.07) is 11.9. The van der Waals surface area contributed by atoms with Crippen LogP contribution in [-0.4, -0.2) is 26.9 Å². The Labute approximate surface area is 182 Å². The highest BCUT2D eigenvalue weighted by molar-refractivity contribution is 5.99. The Morgan fingerprint density at radius 3 is 2.71 bits per heavy atom. The number of rotatable bonds is 8.